The molecule has 8 heteroatoms. The van der Waals surface area contributed by atoms with E-state index in [0.717, 1.165) is 38.5 Å². The topological polar surface area (TPSA) is 76.4 Å². The molecule has 0 amide bonds. The minimum atomic E-state index is -0.314. The molecule has 1 aliphatic heterocycles. The molecule has 0 N–H and O–H groups in total. The zero-order valence-electron chi connectivity index (χ0n) is 17.0. The van der Waals surface area contributed by atoms with Crippen molar-refractivity contribution in [1.82, 2.24) is 30.0 Å². The first-order chi connectivity index (χ1) is 13.6. The molecule has 0 unspecified atom stereocenters. The number of hydrogen-bond acceptors (Lipinski definition) is 7. The van der Waals surface area contributed by atoms with Crippen LogP contribution in [0.1, 0.15) is 38.2 Å². The van der Waals surface area contributed by atoms with Gasteiger partial charge in [0, 0.05) is 32.7 Å². The van der Waals surface area contributed by atoms with Gasteiger partial charge in [-0.1, -0.05) is 44.2 Å². The first-order valence-corrected chi connectivity index (χ1v) is 10.0. The molecule has 152 valence electrons. The zero-order chi connectivity index (χ0) is 19.9. The lowest BCUT2D eigenvalue weighted by Gasteiger charge is -2.40. The number of benzene rings is 1. The summed E-state index contributed by atoms with van der Waals surface area (Å²) in [4.78, 5) is 16.8. The maximum atomic E-state index is 11.9. The van der Waals surface area contributed by atoms with E-state index in [1.807, 2.05) is 0 Å². The standard InChI is InChI=1S/C20H30N6O2/c1-4-28-18(27)15-26-20(21-22-23-26)19(16(2)3)25-12-10-24(11-13-25)14-17-8-6-5-7-9-17/h5-9,16,19H,4,10-15H2,1-3H3/t19-/m1/s1. The van der Waals surface area contributed by atoms with E-state index >= 15 is 0 Å². The molecule has 0 aliphatic carbocycles. The average Bonchev–Trinajstić information content (AvgIpc) is 3.11. The molecule has 1 atom stereocenters. The van der Waals surface area contributed by atoms with Crippen LogP contribution in [0.25, 0.3) is 0 Å². The first-order valence-electron chi connectivity index (χ1n) is 10.0. The number of ether oxygens (including phenoxy) is 1. The van der Waals surface area contributed by atoms with Crippen molar-refractivity contribution in [1.29, 1.82) is 0 Å². The van der Waals surface area contributed by atoms with Crippen LogP contribution in [0.15, 0.2) is 30.3 Å². The molecule has 8 nitrogen and oxygen atoms in total. The largest absolute Gasteiger partial charge is 0.465 e. The number of hydrogen-bond donors (Lipinski definition) is 0. The van der Waals surface area contributed by atoms with Crippen molar-refractivity contribution in [2.45, 2.75) is 39.9 Å². The van der Waals surface area contributed by atoms with Gasteiger partial charge in [-0.3, -0.25) is 14.6 Å². The molecule has 2 heterocycles. The summed E-state index contributed by atoms with van der Waals surface area (Å²) in [6.45, 7) is 11.4. The summed E-state index contributed by atoms with van der Waals surface area (Å²) in [6.07, 6.45) is 0. The number of tetrazole rings is 1. The monoisotopic (exact) mass is 386 g/mol. The van der Waals surface area contributed by atoms with E-state index in [1.165, 1.54) is 5.56 Å². The van der Waals surface area contributed by atoms with Gasteiger partial charge in [0.25, 0.3) is 0 Å². The Kier molecular flexibility index (Phi) is 7.11. The number of esters is 1. The second-order valence-corrected chi connectivity index (χ2v) is 7.49. The maximum Gasteiger partial charge on any atom is 0.327 e. The quantitative estimate of drug-likeness (QED) is 0.640. The lowest BCUT2D eigenvalue weighted by Crippen LogP contribution is -2.48. The summed E-state index contributed by atoms with van der Waals surface area (Å²) in [5.74, 6) is 0.749. The van der Waals surface area contributed by atoms with E-state index in [2.05, 4.69) is 69.5 Å². The molecular formula is C20H30N6O2. The van der Waals surface area contributed by atoms with E-state index < -0.39 is 0 Å². The normalized spacial score (nSPS) is 17.0. The molecule has 1 aromatic carbocycles. The highest BCUT2D eigenvalue weighted by atomic mass is 16.5. The highest BCUT2D eigenvalue weighted by Crippen LogP contribution is 2.28. The van der Waals surface area contributed by atoms with Crippen molar-refractivity contribution in [2.24, 2.45) is 5.92 Å². The predicted molar refractivity (Wildman–Crippen MR) is 105 cm³/mol. The molecular weight excluding hydrogens is 356 g/mol. The van der Waals surface area contributed by atoms with E-state index in [9.17, 15) is 4.79 Å². The van der Waals surface area contributed by atoms with Crippen LogP contribution >= 0.6 is 0 Å². The van der Waals surface area contributed by atoms with Crippen molar-refractivity contribution in [3.8, 4) is 0 Å². The number of carbonyl (C=O) groups is 1. The third kappa shape index (κ3) is 5.14. The van der Waals surface area contributed by atoms with Gasteiger partial charge >= 0.3 is 5.97 Å². The highest BCUT2D eigenvalue weighted by molar-refractivity contribution is 5.69. The Balaban J connectivity index is 1.64. The van der Waals surface area contributed by atoms with Crippen molar-refractivity contribution in [2.75, 3.05) is 32.8 Å². The van der Waals surface area contributed by atoms with E-state index in [1.54, 1.807) is 11.6 Å². The Bertz CT molecular complexity index is 740. The summed E-state index contributed by atoms with van der Waals surface area (Å²) < 4.78 is 6.63. The first kappa shape index (κ1) is 20.4. The number of rotatable bonds is 8. The van der Waals surface area contributed by atoms with Crippen LogP contribution < -0.4 is 0 Å². The number of aromatic nitrogens is 4. The average molecular weight is 387 g/mol. The van der Waals surface area contributed by atoms with Crippen LogP contribution in [0.3, 0.4) is 0 Å². The number of carbonyl (C=O) groups excluding carboxylic acids is 1. The molecule has 1 aliphatic rings. The van der Waals surface area contributed by atoms with Gasteiger partial charge in [0.05, 0.1) is 12.6 Å². The van der Waals surface area contributed by atoms with Crippen molar-refractivity contribution in [3.63, 3.8) is 0 Å². The molecule has 1 saturated heterocycles. The van der Waals surface area contributed by atoms with Gasteiger partial charge < -0.3 is 4.74 Å². The van der Waals surface area contributed by atoms with E-state index in [4.69, 9.17) is 4.74 Å². The Hall–Kier alpha value is -2.32. The summed E-state index contributed by atoms with van der Waals surface area (Å²) in [6, 6.07) is 10.6. The fourth-order valence-electron chi connectivity index (χ4n) is 3.79. The van der Waals surface area contributed by atoms with E-state index in [0.29, 0.717) is 12.5 Å². The highest BCUT2D eigenvalue weighted by Gasteiger charge is 2.31. The fraction of sp³-hybridized carbons (Fsp3) is 0.600. The summed E-state index contributed by atoms with van der Waals surface area (Å²) >= 11 is 0. The maximum absolute atomic E-state index is 11.9. The smallest absolute Gasteiger partial charge is 0.327 e. The molecule has 0 saturated carbocycles. The fourth-order valence-corrected chi connectivity index (χ4v) is 3.79. The Labute approximate surface area is 166 Å². The zero-order valence-corrected chi connectivity index (χ0v) is 17.0. The van der Waals surface area contributed by atoms with E-state index in [-0.39, 0.29) is 18.6 Å². The predicted octanol–water partition coefficient (Wildman–Crippen LogP) is 1.75. The molecule has 0 bridgehead atoms. The van der Waals surface area contributed by atoms with Crippen LogP contribution in [0.4, 0.5) is 0 Å². The Morgan fingerprint density at radius 3 is 2.50 bits per heavy atom. The van der Waals surface area contributed by atoms with Crippen LogP contribution in [-0.4, -0.2) is 68.8 Å². The SMILES string of the molecule is CCOC(=O)Cn1nnnc1[C@@H](C(C)C)N1CCN(Cc2ccccc2)CC1. The van der Waals surface area contributed by atoms with Gasteiger partial charge in [-0.15, -0.1) is 5.10 Å². The van der Waals surface area contributed by atoms with Gasteiger partial charge in [-0.25, -0.2) is 4.68 Å². The van der Waals surface area contributed by atoms with Gasteiger partial charge in [0.2, 0.25) is 0 Å². The lowest BCUT2D eigenvalue weighted by atomic mass is 10.0. The Morgan fingerprint density at radius 1 is 1.14 bits per heavy atom. The Morgan fingerprint density at radius 2 is 1.86 bits per heavy atom. The van der Waals surface area contributed by atoms with Crippen LogP contribution in [0, 0.1) is 5.92 Å². The molecule has 2 aromatic rings. The summed E-state index contributed by atoms with van der Waals surface area (Å²) in [5.41, 5.74) is 1.34. The minimum absolute atomic E-state index is 0.0490. The van der Waals surface area contributed by atoms with Crippen molar-refractivity contribution >= 4 is 5.97 Å². The summed E-state index contributed by atoms with van der Waals surface area (Å²) in [7, 11) is 0. The molecule has 1 fully saturated rings. The number of piperazine rings is 1. The van der Waals surface area contributed by atoms with Gasteiger partial charge in [0.1, 0.15) is 6.54 Å². The lowest BCUT2D eigenvalue weighted by molar-refractivity contribution is -0.144. The molecule has 28 heavy (non-hydrogen) atoms. The van der Waals surface area contributed by atoms with Gasteiger partial charge in [-0.05, 0) is 28.8 Å². The third-order valence-electron chi connectivity index (χ3n) is 5.09. The molecule has 0 spiro atoms. The van der Waals surface area contributed by atoms with Crippen LogP contribution in [-0.2, 0) is 22.6 Å². The third-order valence-corrected chi connectivity index (χ3v) is 5.09. The van der Waals surface area contributed by atoms with Crippen LogP contribution in [0.5, 0.6) is 0 Å². The van der Waals surface area contributed by atoms with Crippen LogP contribution in [0.2, 0.25) is 0 Å². The van der Waals surface area contributed by atoms with Gasteiger partial charge in [-0.2, -0.15) is 0 Å². The molecule has 0 radical (unpaired) electrons. The second kappa shape index (κ2) is 9.75. The second-order valence-electron chi connectivity index (χ2n) is 7.49. The minimum Gasteiger partial charge on any atom is -0.465 e. The van der Waals surface area contributed by atoms with Gasteiger partial charge in [0.15, 0.2) is 5.82 Å². The van der Waals surface area contributed by atoms with Crippen molar-refractivity contribution in [3.05, 3.63) is 41.7 Å². The molecule has 3 rings (SSSR count). The summed E-state index contributed by atoms with van der Waals surface area (Å²) in [5, 5.41) is 12.1. The number of nitrogens with zero attached hydrogens (tertiary/aromatic N) is 6. The molecule has 1 aromatic heterocycles. The van der Waals surface area contributed by atoms with Crippen molar-refractivity contribution < 1.29 is 9.53 Å².